The number of benzene rings is 1. The smallest absolute Gasteiger partial charge is 0.183 e. The minimum atomic E-state index is 0.673. The van der Waals surface area contributed by atoms with E-state index >= 15 is 0 Å². The van der Waals surface area contributed by atoms with Crippen molar-refractivity contribution < 1.29 is 0 Å². The predicted octanol–water partition coefficient (Wildman–Crippen LogP) is 3.12. The van der Waals surface area contributed by atoms with Crippen LogP contribution in [0, 0.1) is 11.8 Å². The van der Waals surface area contributed by atoms with E-state index in [0.29, 0.717) is 11.6 Å². The van der Waals surface area contributed by atoms with Gasteiger partial charge in [0.25, 0.3) is 0 Å². The van der Waals surface area contributed by atoms with Crippen LogP contribution in [-0.4, -0.2) is 20.2 Å². The first-order valence-corrected chi connectivity index (χ1v) is 7.75. The topological polar surface area (TPSA) is 69.6 Å². The number of halogens is 1. The largest absolute Gasteiger partial charge is 0.398 e. The van der Waals surface area contributed by atoms with Gasteiger partial charge in [0.2, 0.25) is 0 Å². The molecule has 1 saturated carbocycles. The molecule has 1 aromatic heterocycles. The maximum absolute atomic E-state index is 5.93. The second kappa shape index (κ2) is 5.52. The zero-order valence-electron chi connectivity index (χ0n) is 11.5. The van der Waals surface area contributed by atoms with Crippen LogP contribution in [0.4, 0.5) is 5.69 Å². The highest BCUT2D eigenvalue weighted by Crippen LogP contribution is 2.34. The van der Waals surface area contributed by atoms with Gasteiger partial charge in [-0.05, 0) is 63.2 Å². The summed E-state index contributed by atoms with van der Waals surface area (Å²) in [5, 5.41) is 12.1. The molecule has 0 saturated heterocycles. The van der Waals surface area contributed by atoms with Gasteiger partial charge in [-0.25, -0.2) is 4.68 Å². The molecule has 106 valence electrons. The van der Waals surface area contributed by atoms with Crippen LogP contribution >= 0.6 is 15.9 Å². The fourth-order valence-corrected chi connectivity index (χ4v) is 3.42. The summed E-state index contributed by atoms with van der Waals surface area (Å²) >= 11 is 3.52. The average Bonchev–Trinajstić information content (AvgIpc) is 3.03. The monoisotopic (exact) mass is 335 g/mol. The van der Waals surface area contributed by atoms with E-state index in [1.165, 1.54) is 19.3 Å². The van der Waals surface area contributed by atoms with E-state index in [1.807, 2.05) is 22.9 Å². The number of anilines is 1. The van der Waals surface area contributed by atoms with Crippen molar-refractivity contribution in [2.24, 2.45) is 11.8 Å². The molecule has 5 nitrogen and oxygen atoms in total. The lowest BCUT2D eigenvalue weighted by atomic mass is 10.1. The van der Waals surface area contributed by atoms with Crippen molar-refractivity contribution in [2.45, 2.75) is 32.7 Å². The molecular weight excluding hydrogens is 318 g/mol. The fraction of sp³-hybridized carbons (Fsp3) is 0.500. The molecule has 1 fully saturated rings. The molecule has 3 rings (SSSR count). The molecule has 2 N–H and O–H groups in total. The Hall–Kier alpha value is -1.43. The van der Waals surface area contributed by atoms with Crippen LogP contribution in [-0.2, 0) is 6.54 Å². The van der Waals surface area contributed by atoms with Crippen LogP contribution in [0.3, 0.4) is 0 Å². The number of nitrogen functional groups attached to an aromatic ring is 1. The zero-order chi connectivity index (χ0) is 14.1. The minimum Gasteiger partial charge on any atom is -0.398 e. The Labute approximate surface area is 126 Å². The highest BCUT2D eigenvalue weighted by atomic mass is 79.9. The van der Waals surface area contributed by atoms with Crippen LogP contribution in [0.15, 0.2) is 22.7 Å². The maximum Gasteiger partial charge on any atom is 0.183 e. The summed E-state index contributed by atoms with van der Waals surface area (Å²) in [5.74, 6) is 2.27. The maximum atomic E-state index is 5.93. The normalized spacial score (nSPS) is 22.3. The molecule has 1 aliphatic rings. The summed E-state index contributed by atoms with van der Waals surface area (Å²) in [7, 11) is 0. The van der Waals surface area contributed by atoms with Crippen molar-refractivity contribution in [1.29, 1.82) is 0 Å². The molecule has 0 bridgehead atoms. The van der Waals surface area contributed by atoms with E-state index in [-0.39, 0.29) is 0 Å². The third-order valence-corrected chi connectivity index (χ3v) is 4.92. The fourth-order valence-electron chi connectivity index (χ4n) is 2.98. The van der Waals surface area contributed by atoms with Crippen LogP contribution < -0.4 is 5.73 Å². The average molecular weight is 336 g/mol. The van der Waals surface area contributed by atoms with Crippen molar-refractivity contribution in [3.8, 4) is 11.4 Å². The van der Waals surface area contributed by atoms with E-state index < -0.39 is 0 Å². The molecule has 0 spiro atoms. The molecule has 0 radical (unpaired) electrons. The van der Waals surface area contributed by atoms with Gasteiger partial charge in [0.15, 0.2) is 5.82 Å². The third kappa shape index (κ3) is 2.57. The molecule has 2 aromatic rings. The van der Waals surface area contributed by atoms with E-state index in [4.69, 9.17) is 5.73 Å². The van der Waals surface area contributed by atoms with Gasteiger partial charge in [0.05, 0.1) is 4.47 Å². The Morgan fingerprint density at radius 2 is 2.25 bits per heavy atom. The highest BCUT2D eigenvalue weighted by molar-refractivity contribution is 9.10. The molecule has 2 atom stereocenters. The number of hydrogen-bond donors (Lipinski definition) is 1. The van der Waals surface area contributed by atoms with Crippen molar-refractivity contribution >= 4 is 21.6 Å². The first kappa shape index (κ1) is 13.5. The van der Waals surface area contributed by atoms with Crippen LogP contribution in [0.2, 0.25) is 0 Å². The molecule has 2 unspecified atom stereocenters. The van der Waals surface area contributed by atoms with Gasteiger partial charge in [-0.3, -0.25) is 0 Å². The van der Waals surface area contributed by atoms with E-state index in [2.05, 4.69) is 38.4 Å². The Kier molecular flexibility index (Phi) is 3.74. The van der Waals surface area contributed by atoms with Crippen molar-refractivity contribution in [3.05, 3.63) is 22.7 Å². The molecule has 6 heteroatoms. The van der Waals surface area contributed by atoms with Crippen LogP contribution in [0.25, 0.3) is 11.4 Å². The summed E-state index contributed by atoms with van der Waals surface area (Å²) in [4.78, 5) is 0. The van der Waals surface area contributed by atoms with Crippen LogP contribution in [0.5, 0.6) is 0 Å². The number of hydrogen-bond acceptors (Lipinski definition) is 4. The van der Waals surface area contributed by atoms with E-state index in [1.54, 1.807) is 0 Å². The van der Waals surface area contributed by atoms with Gasteiger partial charge in [-0.1, -0.05) is 19.4 Å². The summed E-state index contributed by atoms with van der Waals surface area (Å²) in [6.45, 7) is 3.20. The Morgan fingerprint density at radius 1 is 1.40 bits per heavy atom. The Morgan fingerprint density at radius 3 is 3.00 bits per heavy atom. The van der Waals surface area contributed by atoms with Gasteiger partial charge in [-0.2, -0.15) is 0 Å². The quantitative estimate of drug-likeness (QED) is 0.875. The van der Waals surface area contributed by atoms with Gasteiger partial charge in [-0.15, -0.1) is 5.10 Å². The Bertz CT molecular complexity index is 609. The standard InChI is InChI=1S/C14H18BrN5/c1-9-5-6-10(7-9)8-20-14(17-18-19-20)11-3-2-4-12(16)13(11)15/h2-4,9-10H,5-8,16H2,1H3. The first-order chi connectivity index (χ1) is 9.65. The Balaban J connectivity index is 1.88. The van der Waals surface area contributed by atoms with Gasteiger partial charge >= 0.3 is 0 Å². The van der Waals surface area contributed by atoms with Crippen molar-refractivity contribution in [3.63, 3.8) is 0 Å². The predicted molar refractivity (Wildman–Crippen MR) is 81.9 cm³/mol. The molecule has 1 aromatic carbocycles. The second-order valence-electron chi connectivity index (χ2n) is 5.68. The summed E-state index contributed by atoms with van der Waals surface area (Å²) in [5.41, 5.74) is 7.58. The summed E-state index contributed by atoms with van der Waals surface area (Å²) in [6.07, 6.45) is 3.83. The summed E-state index contributed by atoms with van der Waals surface area (Å²) < 4.78 is 2.76. The second-order valence-corrected chi connectivity index (χ2v) is 6.47. The molecule has 1 heterocycles. The molecular formula is C14H18BrN5. The van der Waals surface area contributed by atoms with Crippen molar-refractivity contribution in [2.75, 3.05) is 5.73 Å². The third-order valence-electron chi connectivity index (χ3n) is 4.04. The first-order valence-electron chi connectivity index (χ1n) is 6.95. The lowest BCUT2D eigenvalue weighted by Gasteiger charge is -2.12. The molecule has 0 aliphatic heterocycles. The van der Waals surface area contributed by atoms with Gasteiger partial charge in [0.1, 0.15) is 0 Å². The number of tetrazole rings is 1. The van der Waals surface area contributed by atoms with Gasteiger partial charge < -0.3 is 5.73 Å². The number of nitrogens with zero attached hydrogens (tertiary/aromatic N) is 4. The van der Waals surface area contributed by atoms with Crippen molar-refractivity contribution in [1.82, 2.24) is 20.2 Å². The van der Waals surface area contributed by atoms with E-state index in [9.17, 15) is 0 Å². The number of aromatic nitrogens is 4. The molecule has 1 aliphatic carbocycles. The van der Waals surface area contributed by atoms with E-state index in [0.717, 1.165) is 28.3 Å². The molecule has 20 heavy (non-hydrogen) atoms. The number of nitrogens with two attached hydrogens (primary N) is 1. The molecule has 0 amide bonds. The lowest BCUT2D eigenvalue weighted by Crippen LogP contribution is -2.11. The minimum absolute atomic E-state index is 0.673. The van der Waals surface area contributed by atoms with Crippen LogP contribution in [0.1, 0.15) is 26.2 Å². The highest BCUT2D eigenvalue weighted by Gasteiger charge is 2.24. The zero-order valence-corrected chi connectivity index (χ0v) is 13.0. The SMILES string of the molecule is CC1CCC(Cn2nnnc2-c2cccc(N)c2Br)C1. The summed E-state index contributed by atoms with van der Waals surface area (Å²) in [6, 6.07) is 5.77. The number of rotatable bonds is 3. The van der Waals surface area contributed by atoms with Gasteiger partial charge in [0, 0.05) is 17.8 Å². The lowest BCUT2D eigenvalue weighted by molar-refractivity contribution is 0.412.